The maximum Gasteiger partial charge on any atom is 0.100 e. The van der Waals surface area contributed by atoms with Crippen LogP contribution in [0.3, 0.4) is 0 Å². The fraction of sp³-hybridized carbons (Fsp3) is 0.611. The Hall–Kier alpha value is -1.41. The summed E-state index contributed by atoms with van der Waals surface area (Å²) in [6.07, 6.45) is 0.558. The first-order valence-electron chi connectivity index (χ1n) is 8.25. The Bertz CT molecular complexity index is 558. The summed E-state index contributed by atoms with van der Waals surface area (Å²) in [6.45, 7) is 7.91. The van der Waals surface area contributed by atoms with Gasteiger partial charge in [-0.1, -0.05) is 38.1 Å². The first kappa shape index (κ1) is 15.5. The second-order valence-electron chi connectivity index (χ2n) is 6.81. The Labute approximate surface area is 133 Å². The molecule has 1 aromatic carbocycles. The lowest BCUT2D eigenvalue weighted by atomic mass is 10.0. The van der Waals surface area contributed by atoms with Crippen LogP contribution >= 0.6 is 0 Å². The molecule has 0 saturated carbocycles. The van der Waals surface area contributed by atoms with Crippen LogP contribution in [0.4, 0.5) is 0 Å². The van der Waals surface area contributed by atoms with Crippen LogP contribution in [0.15, 0.2) is 24.3 Å². The molecule has 0 bridgehead atoms. The van der Waals surface area contributed by atoms with Crippen molar-refractivity contribution in [3.05, 3.63) is 35.4 Å². The number of aliphatic hydroxyl groups is 1. The van der Waals surface area contributed by atoms with Gasteiger partial charge in [-0.3, -0.25) is 9.80 Å². The smallest absolute Gasteiger partial charge is 0.100 e. The van der Waals surface area contributed by atoms with Gasteiger partial charge in [0, 0.05) is 32.2 Å². The molecular formula is C18H25N3O. The van der Waals surface area contributed by atoms with Crippen molar-refractivity contribution in [2.45, 2.75) is 38.5 Å². The third-order valence-corrected chi connectivity index (χ3v) is 5.14. The van der Waals surface area contributed by atoms with E-state index in [-0.39, 0.29) is 18.2 Å². The molecule has 4 nitrogen and oxygen atoms in total. The zero-order chi connectivity index (χ0) is 15.7. The SMILES string of the molecule is CC(C)[C@H](C#N)N1CCN([C@H]2Cc3ccccc3[C@@H]2O)CC1. The zero-order valence-electron chi connectivity index (χ0n) is 13.4. The van der Waals surface area contributed by atoms with E-state index >= 15 is 0 Å². The monoisotopic (exact) mass is 299 g/mol. The lowest BCUT2D eigenvalue weighted by Gasteiger charge is -2.41. The summed E-state index contributed by atoms with van der Waals surface area (Å²) < 4.78 is 0. The van der Waals surface area contributed by atoms with Crippen LogP contribution in [-0.4, -0.2) is 53.2 Å². The van der Waals surface area contributed by atoms with E-state index < -0.39 is 0 Å². The van der Waals surface area contributed by atoms with Crippen LogP contribution in [-0.2, 0) is 6.42 Å². The number of aliphatic hydroxyl groups excluding tert-OH is 1. The van der Waals surface area contributed by atoms with Gasteiger partial charge < -0.3 is 5.11 Å². The van der Waals surface area contributed by atoms with Crippen molar-refractivity contribution < 1.29 is 5.11 Å². The molecule has 1 aliphatic heterocycles. The summed E-state index contributed by atoms with van der Waals surface area (Å²) in [5.74, 6) is 0.359. The van der Waals surface area contributed by atoms with Crippen molar-refractivity contribution in [1.29, 1.82) is 5.26 Å². The summed E-state index contributed by atoms with van der Waals surface area (Å²) in [6, 6.07) is 10.9. The third kappa shape index (κ3) is 2.77. The number of nitrogens with zero attached hydrogens (tertiary/aromatic N) is 3. The molecule has 3 rings (SSSR count). The first-order chi connectivity index (χ1) is 10.6. The van der Waals surface area contributed by atoms with Crippen molar-refractivity contribution in [1.82, 2.24) is 9.80 Å². The van der Waals surface area contributed by atoms with Gasteiger partial charge in [0.15, 0.2) is 0 Å². The lowest BCUT2D eigenvalue weighted by Crippen LogP contribution is -2.54. The van der Waals surface area contributed by atoms with Crippen LogP contribution in [0.1, 0.15) is 31.1 Å². The maximum absolute atomic E-state index is 10.6. The Morgan fingerprint density at radius 3 is 2.45 bits per heavy atom. The molecule has 1 N–H and O–H groups in total. The van der Waals surface area contributed by atoms with Crippen molar-refractivity contribution >= 4 is 0 Å². The Morgan fingerprint density at radius 2 is 1.86 bits per heavy atom. The van der Waals surface area contributed by atoms with Gasteiger partial charge >= 0.3 is 0 Å². The highest BCUT2D eigenvalue weighted by Crippen LogP contribution is 2.34. The average Bonchev–Trinajstić information content (AvgIpc) is 2.86. The zero-order valence-corrected chi connectivity index (χ0v) is 13.4. The van der Waals surface area contributed by atoms with Crippen LogP contribution in [0.5, 0.6) is 0 Å². The third-order valence-electron chi connectivity index (χ3n) is 5.14. The Morgan fingerprint density at radius 1 is 1.18 bits per heavy atom. The van der Waals surface area contributed by atoms with Crippen LogP contribution in [0.25, 0.3) is 0 Å². The molecule has 1 aromatic rings. The van der Waals surface area contributed by atoms with E-state index in [9.17, 15) is 10.4 Å². The number of piperazine rings is 1. The molecular weight excluding hydrogens is 274 g/mol. The molecule has 22 heavy (non-hydrogen) atoms. The minimum Gasteiger partial charge on any atom is -0.387 e. The van der Waals surface area contributed by atoms with Crippen LogP contribution in [0.2, 0.25) is 0 Å². The van der Waals surface area contributed by atoms with Gasteiger partial charge in [0.2, 0.25) is 0 Å². The van der Waals surface area contributed by atoms with Crippen molar-refractivity contribution in [3.8, 4) is 6.07 Å². The molecule has 0 unspecified atom stereocenters. The quantitative estimate of drug-likeness (QED) is 0.925. The molecule has 1 saturated heterocycles. The van der Waals surface area contributed by atoms with E-state index in [1.807, 2.05) is 18.2 Å². The van der Waals surface area contributed by atoms with Gasteiger partial charge in [0.1, 0.15) is 6.04 Å². The predicted octanol–water partition coefficient (Wildman–Crippen LogP) is 1.81. The number of fused-ring (bicyclic) bond motifs is 1. The van der Waals surface area contributed by atoms with Crippen LogP contribution < -0.4 is 0 Å². The second kappa shape index (κ2) is 6.37. The van der Waals surface area contributed by atoms with Crippen molar-refractivity contribution in [3.63, 3.8) is 0 Å². The van der Waals surface area contributed by atoms with Gasteiger partial charge in [0.05, 0.1) is 12.2 Å². The summed E-state index contributed by atoms with van der Waals surface area (Å²) in [4.78, 5) is 4.69. The minimum absolute atomic E-state index is 0.00727. The van der Waals surface area contributed by atoms with E-state index in [4.69, 9.17) is 0 Å². The van der Waals surface area contributed by atoms with E-state index in [2.05, 4.69) is 35.8 Å². The molecule has 118 valence electrons. The number of hydrogen-bond donors (Lipinski definition) is 1. The standard InChI is InChI=1S/C18H25N3O/c1-13(2)17(12-19)21-9-7-20(8-10-21)16-11-14-5-3-4-6-15(14)18(16)22/h3-6,13,16-18,22H,7-11H2,1-2H3/t16-,17-,18-/m0/s1. The van der Waals surface area contributed by atoms with E-state index in [0.717, 1.165) is 38.2 Å². The summed E-state index contributed by atoms with van der Waals surface area (Å²) in [5.41, 5.74) is 2.37. The molecule has 1 fully saturated rings. The molecule has 0 amide bonds. The highest BCUT2D eigenvalue weighted by atomic mass is 16.3. The van der Waals surface area contributed by atoms with Gasteiger partial charge in [-0.25, -0.2) is 0 Å². The first-order valence-corrected chi connectivity index (χ1v) is 8.25. The predicted molar refractivity (Wildman–Crippen MR) is 86.3 cm³/mol. The fourth-order valence-corrected chi connectivity index (χ4v) is 3.88. The summed E-state index contributed by atoms with van der Waals surface area (Å²) >= 11 is 0. The van der Waals surface area contributed by atoms with Gasteiger partial charge in [-0.15, -0.1) is 0 Å². The molecule has 4 heteroatoms. The highest BCUT2D eigenvalue weighted by Gasteiger charge is 2.37. The van der Waals surface area contributed by atoms with Crippen molar-refractivity contribution in [2.75, 3.05) is 26.2 Å². The Balaban J connectivity index is 1.63. The van der Waals surface area contributed by atoms with Gasteiger partial charge in [-0.2, -0.15) is 5.26 Å². The average molecular weight is 299 g/mol. The topological polar surface area (TPSA) is 50.5 Å². The van der Waals surface area contributed by atoms with Crippen LogP contribution in [0, 0.1) is 17.2 Å². The number of rotatable bonds is 3. The van der Waals surface area contributed by atoms with E-state index in [1.165, 1.54) is 5.56 Å². The van der Waals surface area contributed by atoms with Crippen molar-refractivity contribution in [2.24, 2.45) is 5.92 Å². The number of hydrogen-bond acceptors (Lipinski definition) is 4. The lowest BCUT2D eigenvalue weighted by molar-refractivity contribution is 0.0179. The maximum atomic E-state index is 10.6. The molecule has 3 atom stereocenters. The van der Waals surface area contributed by atoms with E-state index in [0.29, 0.717) is 5.92 Å². The number of benzene rings is 1. The normalized spacial score (nSPS) is 27.6. The molecule has 0 radical (unpaired) electrons. The Kier molecular flexibility index (Phi) is 4.49. The molecule has 2 aliphatic rings. The van der Waals surface area contributed by atoms with Gasteiger partial charge in [0.25, 0.3) is 0 Å². The largest absolute Gasteiger partial charge is 0.387 e. The minimum atomic E-state index is -0.375. The highest BCUT2D eigenvalue weighted by molar-refractivity contribution is 5.36. The summed E-state index contributed by atoms with van der Waals surface area (Å²) in [5, 5.41) is 19.9. The fourth-order valence-electron chi connectivity index (χ4n) is 3.88. The molecule has 0 aromatic heterocycles. The van der Waals surface area contributed by atoms with E-state index in [1.54, 1.807) is 0 Å². The molecule has 1 heterocycles. The second-order valence-corrected chi connectivity index (χ2v) is 6.81. The number of nitriles is 1. The molecule has 1 aliphatic carbocycles. The van der Waals surface area contributed by atoms with Gasteiger partial charge in [-0.05, 0) is 23.5 Å². The summed E-state index contributed by atoms with van der Waals surface area (Å²) in [7, 11) is 0. The molecule has 0 spiro atoms.